The first kappa shape index (κ1) is 14.8. The van der Waals surface area contributed by atoms with E-state index in [9.17, 15) is 9.59 Å². The Bertz CT molecular complexity index is 816. The van der Waals surface area contributed by atoms with Crippen molar-refractivity contribution in [3.63, 3.8) is 0 Å². The van der Waals surface area contributed by atoms with E-state index in [4.69, 9.17) is 4.74 Å². The van der Waals surface area contributed by atoms with Crippen LogP contribution in [0.1, 0.15) is 40.4 Å². The first-order valence-electron chi connectivity index (χ1n) is 8.16. The molecule has 0 saturated heterocycles. The Hall–Kier alpha value is -2.82. The molecule has 2 amide bonds. The van der Waals surface area contributed by atoms with Gasteiger partial charge >= 0.3 is 0 Å². The Morgan fingerprint density at radius 3 is 2.96 bits per heavy atom. The third kappa shape index (κ3) is 2.73. The van der Waals surface area contributed by atoms with E-state index >= 15 is 0 Å². The predicted octanol–water partition coefficient (Wildman–Crippen LogP) is 2.82. The molecule has 2 heterocycles. The maximum Gasteiger partial charge on any atom is 0.251 e. The lowest BCUT2D eigenvalue weighted by Crippen LogP contribution is -2.32. The van der Waals surface area contributed by atoms with Gasteiger partial charge in [-0.3, -0.25) is 9.59 Å². The largest absolute Gasteiger partial charge is 0.493 e. The first-order chi connectivity index (χ1) is 11.7. The van der Waals surface area contributed by atoms with Crippen LogP contribution in [0.5, 0.6) is 5.75 Å². The number of hydrogen-bond acceptors (Lipinski definition) is 3. The van der Waals surface area contributed by atoms with Crippen LogP contribution in [0.3, 0.4) is 0 Å². The van der Waals surface area contributed by atoms with E-state index in [1.165, 1.54) is 0 Å². The standard InChI is InChI=1S/C19H18N2O3/c22-18-8-6-12-11-13(5-7-15(12)20-18)19(23)21-16-9-10-24-17-4-2-1-3-14(16)17/h1-5,7,11,16H,6,8-10H2,(H,20,22)(H,21,23)/t16-/m0/s1. The van der Waals surface area contributed by atoms with E-state index in [0.717, 1.165) is 29.0 Å². The van der Waals surface area contributed by atoms with Gasteiger partial charge in [0.1, 0.15) is 5.75 Å². The fraction of sp³-hybridized carbons (Fsp3) is 0.263. The number of ether oxygens (including phenoxy) is 1. The van der Waals surface area contributed by atoms with Gasteiger partial charge in [0.25, 0.3) is 5.91 Å². The molecule has 24 heavy (non-hydrogen) atoms. The van der Waals surface area contributed by atoms with Crippen molar-refractivity contribution >= 4 is 17.5 Å². The Morgan fingerprint density at radius 1 is 1.17 bits per heavy atom. The number of nitrogens with one attached hydrogen (secondary N) is 2. The summed E-state index contributed by atoms with van der Waals surface area (Å²) in [5.74, 6) is 0.761. The maximum atomic E-state index is 12.6. The molecule has 0 bridgehead atoms. The molecular weight excluding hydrogens is 304 g/mol. The third-order valence-electron chi connectivity index (χ3n) is 4.53. The molecule has 0 radical (unpaired) electrons. The number of aryl methyl sites for hydroxylation is 1. The number of carbonyl (C=O) groups is 2. The van der Waals surface area contributed by atoms with Crippen LogP contribution in [-0.2, 0) is 11.2 Å². The van der Waals surface area contributed by atoms with E-state index in [1.54, 1.807) is 12.1 Å². The molecule has 2 N–H and O–H groups in total. The van der Waals surface area contributed by atoms with Gasteiger partial charge in [0.15, 0.2) is 0 Å². The van der Waals surface area contributed by atoms with Crippen molar-refractivity contribution in [1.29, 1.82) is 0 Å². The van der Waals surface area contributed by atoms with Gasteiger partial charge in [0, 0.05) is 29.7 Å². The van der Waals surface area contributed by atoms with Gasteiger partial charge in [-0.1, -0.05) is 18.2 Å². The lowest BCUT2D eigenvalue weighted by atomic mass is 9.98. The monoisotopic (exact) mass is 322 g/mol. The summed E-state index contributed by atoms with van der Waals surface area (Å²) in [5.41, 5.74) is 3.45. The summed E-state index contributed by atoms with van der Waals surface area (Å²) in [6.07, 6.45) is 1.89. The van der Waals surface area contributed by atoms with Gasteiger partial charge in [-0.25, -0.2) is 0 Å². The molecule has 1 atom stereocenters. The van der Waals surface area contributed by atoms with Crippen molar-refractivity contribution in [1.82, 2.24) is 5.32 Å². The molecule has 0 spiro atoms. The van der Waals surface area contributed by atoms with E-state index < -0.39 is 0 Å². The fourth-order valence-electron chi connectivity index (χ4n) is 3.26. The molecule has 2 aromatic carbocycles. The summed E-state index contributed by atoms with van der Waals surface area (Å²) in [6, 6.07) is 13.2. The van der Waals surface area contributed by atoms with E-state index in [2.05, 4.69) is 10.6 Å². The number of fused-ring (bicyclic) bond motifs is 2. The van der Waals surface area contributed by atoms with E-state index in [0.29, 0.717) is 25.0 Å². The van der Waals surface area contributed by atoms with E-state index in [-0.39, 0.29) is 17.9 Å². The van der Waals surface area contributed by atoms with Crippen molar-refractivity contribution in [2.24, 2.45) is 0 Å². The van der Waals surface area contributed by atoms with Gasteiger partial charge < -0.3 is 15.4 Å². The fourth-order valence-corrected chi connectivity index (χ4v) is 3.26. The topological polar surface area (TPSA) is 67.4 Å². The highest BCUT2D eigenvalue weighted by molar-refractivity contribution is 5.98. The summed E-state index contributed by atoms with van der Waals surface area (Å²) in [5, 5.41) is 5.93. The first-order valence-corrected chi connectivity index (χ1v) is 8.16. The number of benzene rings is 2. The van der Waals surface area contributed by atoms with Crippen molar-refractivity contribution in [2.45, 2.75) is 25.3 Å². The van der Waals surface area contributed by atoms with Gasteiger partial charge in [0.05, 0.1) is 12.6 Å². The minimum absolute atomic E-state index is 0.0264. The molecule has 0 fully saturated rings. The highest BCUT2D eigenvalue weighted by atomic mass is 16.5. The van der Waals surface area contributed by atoms with Crippen LogP contribution in [0.2, 0.25) is 0 Å². The van der Waals surface area contributed by atoms with Gasteiger partial charge in [-0.15, -0.1) is 0 Å². The lowest BCUT2D eigenvalue weighted by Gasteiger charge is -2.27. The Morgan fingerprint density at radius 2 is 2.04 bits per heavy atom. The molecule has 122 valence electrons. The van der Waals surface area contributed by atoms with Crippen LogP contribution in [0.4, 0.5) is 5.69 Å². The highest BCUT2D eigenvalue weighted by Crippen LogP contribution is 2.32. The number of para-hydroxylation sites is 1. The quantitative estimate of drug-likeness (QED) is 0.893. The second kappa shape index (κ2) is 6.00. The zero-order chi connectivity index (χ0) is 16.5. The molecule has 0 unspecified atom stereocenters. The van der Waals surface area contributed by atoms with Gasteiger partial charge in [-0.2, -0.15) is 0 Å². The maximum absolute atomic E-state index is 12.6. The molecule has 2 aromatic rings. The number of rotatable bonds is 2. The SMILES string of the molecule is O=C1CCc2cc(C(=O)N[C@H]3CCOc4ccccc43)ccc2N1. The summed E-state index contributed by atoms with van der Waals surface area (Å²) in [4.78, 5) is 24.1. The van der Waals surface area contributed by atoms with Crippen molar-refractivity contribution in [2.75, 3.05) is 11.9 Å². The van der Waals surface area contributed by atoms with Crippen LogP contribution in [-0.4, -0.2) is 18.4 Å². The van der Waals surface area contributed by atoms with Crippen LogP contribution < -0.4 is 15.4 Å². The average Bonchev–Trinajstić information content (AvgIpc) is 2.61. The average molecular weight is 322 g/mol. The molecule has 0 aliphatic carbocycles. The second-order valence-electron chi connectivity index (χ2n) is 6.12. The van der Waals surface area contributed by atoms with Crippen molar-refractivity contribution in [3.8, 4) is 5.75 Å². The number of anilines is 1. The molecule has 5 heteroatoms. The molecule has 2 aliphatic heterocycles. The Balaban J connectivity index is 1.54. The zero-order valence-corrected chi connectivity index (χ0v) is 13.2. The molecule has 2 aliphatic rings. The summed E-state index contributed by atoms with van der Waals surface area (Å²) < 4.78 is 5.63. The minimum atomic E-state index is -0.101. The summed E-state index contributed by atoms with van der Waals surface area (Å²) in [7, 11) is 0. The molecule has 0 aromatic heterocycles. The zero-order valence-electron chi connectivity index (χ0n) is 13.2. The predicted molar refractivity (Wildman–Crippen MR) is 90.2 cm³/mol. The Labute approximate surface area is 140 Å². The highest BCUT2D eigenvalue weighted by Gasteiger charge is 2.24. The molecule has 4 rings (SSSR count). The lowest BCUT2D eigenvalue weighted by molar-refractivity contribution is -0.116. The van der Waals surface area contributed by atoms with Crippen LogP contribution in [0.15, 0.2) is 42.5 Å². The molecule has 5 nitrogen and oxygen atoms in total. The van der Waals surface area contributed by atoms with Gasteiger partial charge in [0.2, 0.25) is 5.91 Å². The van der Waals surface area contributed by atoms with Crippen LogP contribution >= 0.6 is 0 Å². The summed E-state index contributed by atoms with van der Waals surface area (Å²) >= 11 is 0. The number of hydrogen-bond donors (Lipinski definition) is 2. The van der Waals surface area contributed by atoms with Crippen molar-refractivity contribution < 1.29 is 14.3 Å². The van der Waals surface area contributed by atoms with Crippen LogP contribution in [0, 0.1) is 0 Å². The normalized spacial score (nSPS) is 18.7. The third-order valence-corrected chi connectivity index (χ3v) is 4.53. The smallest absolute Gasteiger partial charge is 0.251 e. The number of amides is 2. The second-order valence-corrected chi connectivity index (χ2v) is 6.12. The van der Waals surface area contributed by atoms with Gasteiger partial charge in [-0.05, 0) is 36.2 Å². The van der Waals surface area contributed by atoms with Crippen LogP contribution in [0.25, 0.3) is 0 Å². The minimum Gasteiger partial charge on any atom is -0.493 e. The Kier molecular flexibility index (Phi) is 3.69. The van der Waals surface area contributed by atoms with E-state index in [1.807, 2.05) is 30.3 Å². The molecule has 0 saturated carbocycles. The summed E-state index contributed by atoms with van der Waals surface area (Å²) in [6.45, 7) is 0.595. The number of carbonyl (C=O) groups excluding carboxylic acids is 2. The van der Waals surface area contributed by atoms with Crippen molar-refractivity contribution in [3.05, 3.63) is 59.2 Å². The molecular formula is C19H18N2O3.